The van der Waals surface area contributed by atoms with E-state index in [1.54, 1.807) is 0 Å². The van der Waals surface area contributed by atoms with E-state index in [4.69, 9.17) is 14.4 Å². The average Bonchev–Trinajstić information content (AvgIpc) is 3.14. The van der Waals surface area contributed by atoms with Crippen molar-refractivity contribution in [3.8, 4) is 5.75 Å². The number of halogens is 1. The van der Waals surface area contributed by atoms with E-state index < -0.39 is 0 Å². The molecule has 1 aliphatic heterocycles. The van der Waals surface area contributed by atoms with Crippen molar-refractivity contribution in [2.45, 2.75) is 84.8 Å². The normalized spacial score (nSPS) is 18.9. The maximum atomic E-state index is 5.72. The third kappa shape index (κ3) is 7.33. The van der Waals surface area contributed by atoms with Gasteiger partial charge in [0.15, 0.2) is 0 Å². The maximum absolute atomic E-state index is 5.72. The summed E-state index contributed by atoms with van der Waals surface area (Å²) in [7, 11) is 5.72. The summed E-state index contributed by atoms with van der Waals surface area (Å²) in [5.74, 6) is 0.924. The number of ether oxygens (including phenoxy) is 1. The number of hydrogen-bond donors (Lipinski definition) is 0. The Balaban J connectivity index is 0.000000248. The minimum atomic E-state index is -0.191. The van der Waals surface area contributed by atoms with E-state index in [9.17, 15) is 0 Å². The number of anilines is 1. The largest absolute Gasteiger partial charge is 0.517 e. The Morgan fingerprint density at radius 2 is 1.51 bits per heavy atom. The molecule has 3 aromatic carbocycles. The number of aryl methyl sites for hydroxylation is 2. The van der Waals surface area contributed by atoms with Crippen LogP contribution in [0, 0.1) is 6.54 Å². The Morgan fingerprint density at radius 3 is 2.08 bits per heavy atom. The first kappa shape index (κ1) is 29.6. The molecule has 0 amide bonds. The zero-order valence-corrected chi connectivity index (χ0v) is 25.9. The second kappa shape index (κ2) is 13.2. The molecule has 1 unspecified atom stereocenters. The fourth-order valence-corrected chi connectivity index (χ4v) is 6.45. The summed E-state index contributed by atoms with van der Waals surface area (Å²) in [6.45, 7) is 18.2. The van der Waals surface area contributed by atoms with Crippen molar-refractivity contribution < 1.29 is 20.4 Å². The van der Waals surface area contributed by atoms with Crippen LogP contribution in [0.1, 0.15) is 77.1 Å². The first-order valence-corrected chi connectivity index (χ1v) is 16.5. The summed E-state index contributed by atoms with van der Waals surface area (Å²) < 4.78 is 7.66. The van der Waals surface area contributed by atoms with E-state index in [0.717, 1.165) is 30.6 Å². The minimum absolute atomic E-state index is 0.0800. The third-order valence-electron chi connectivity index (χ3n) is 6.94. The smallest absolute Gasteiger partial charge is 0.0140 e. The van der Waals surface area contributed by atoms with Crippen molar-refractivity contribution in [2.24, 2.45) is 0 Å². The third-order valence-corrected chi connectivity index (χ3v) is 8.12. The van der Waals surface area contributed by atoms with Crippen molar-refractivity contribution >= 4 is 20.0 Å². The molecule has 1 heterocycles. The standard InChI is InChI=1S/C23H30N.C10H12O.ClH.Ru/c1-6-18-12-11-13-19(7-2)21(18)24-17-23(5,16-22(24,3)4)20-14-9-8-10-15-20;1-8(2)11-10-7-5-4-6-9(10)3;;/h8-15,17H,6-7,16H2,1-5H3;3-8H,1-2H3;1H;/q-1;;;+1/p-1. The van der Waals surface area contributed by atoms with E-state index in [-0.39, 0.29) is 32.7 Å². The molecule has 1 atom stereocenters. The van der Waals surface area contributed by atoms with Gasteiger partial charge in [0.2, 0.25) is 0 Å². The van der Waals surface area contributed by atoms with Gasteiger partial charge >= 0.3 is 90.3 Å². The molecule has 37 heavy (non-hydrogen) atoms. The molecule has 0 bridgehead atoms. The van der Waals surface area contributed by atoms with Gasteiger partial charge in [-0.05, 0) is 44.2 Å². The van der Waals surface area contributed by atoms with E-state index in [1.807, 2.05) is 42.7 Å². The van der Waals surface area contributed by atoms with Crippen LogP contribution in [0.4, 0.5) is 5.69 Å². The summed E-state index contributed by atoms with van der Waals surface area (Å²) >= 11 is -0.191. The Labute approximate surface area is 236 Å². The molecule has 1 aliphatic rings. The molecule has 1 fully saturated rings. The molecule has 0 N–H and O–H groups in total. The van der Waals surface area contributed by atoms with Crippen molar-refractivity contribution in [1.29, 1.82) is 0 Å². The number of nitrogens with zero attached hydrogens (tertiary/aromatic N) is 1. The maximum Gasteiger partial charge on any atom is 0.0140 e. The number of benzene rings is 3. The van der Waals surface area contributed by atoms with Crippen LogP contribution in [0.5, 0.6) is 5.75 Å². The molecule has 1 saturated heterocycles. The minimum Gasteiger partial charge on any atom is -0.517 e. The molecule has 4 heteroatoms. The molecule has 0 aliphatic carbocycles. The van der Waals surface area contributed by atoms with Gasteiger partial charge in [-0.25, -0.2) is 6.54 Å². The van der Waals surface area contributed by atoms with Crippen LogP contribution < -0.4 is 9.64 Å². The van der Waals surface area contributed by atoms with Gasteiger partial charge in [-0.2, -0.15) is 0 Å². The average molecular weight is 605 g/mol. The summed E-state index contributed by atoms with van der Waals surface area (Å²) in [5, 5.41) is 0. The van der Waals surface area contributed by atoms with Crippen molar-refractivity contribution in [3.05, 3.63) is 102 Å². The molecule has 3 aromatic rings. The zero-order chi connectivity index (χ0) is 27.1. The van der Waals surface area contributed by atoms with Gasteiger partial charge in [-0.15, -0.1) is 5.41 Å². The Kier molecular flexibility index (Phi) is 10.6. The molecule has 201 valence electrons. The van der Waals surface area contributed by atoms with Crippen LogP contribution in [0.3, 0.4) is 0 Å². The van der Waals surface area contributed by atoms with Gasteiger partial charge < -0.3 is 4.90 Å². The predicted molar refractivity (Wildman–Crippen MR) is 158 cm³/mol. The molecular weight excluding hydrogens is 563 g/mol. The number of hydrogen-bond acceptors (Lipinski definition) is 2. The van der Waals surface area contributed by atoms with Gasteiger partial charge in [0.1, 0.15) is 0 Å². The van der Waals surface area contributed by atoms with Gasteiger partial charge in [-0.3, -0.25) is 0 Å². The van der Waals surface area contributed by atoms with Gasteiger partial charge in [0.05, 0.1) is 0 Å². The summed E-state index contributed by atoms with van der Waals surface area (Å²) in [4.78, 5) is 2.57. The van der Waals surface area contributed by atoms with Crippen LogP contribution >= 0.6 is 9.69 Å². The van der Waals surface area contributed by atoms with Crippen molar-refractivity contribution in [2.75, 3.05) is 4.90 Å². The molecule has 0 saturated carbocycles. The van der Waals surface area contributed by atoms with E-state index in [0.29, 0.717) is 0 Å². The Morgan fingerprint density at radius 1 is 0.919 bits per heavy atom. The number of rotatable bonds is 7. The zero-order valence-electron chi connectivity index (χ0n) is 23.4. The van der Waals surface area contributed by atoms with Crippen molar-refractivity contribution in [1.82, 2.24) is 0 Å². The van der Waals surface area contributed by atoms with Crippen molar-refractivity contribution in [3.63, 3.8) is 0 Å². The fraction of sp³-hybridized carbons (Fsp3) is 0.394. The summed E-state index contributed by atoms with van der Waals surface area (Å²) in [6.07, 6.45) is 3.49. The predicted octanol–water partition coefficient (Wildman–Crippen LogP) is 8.78. The SMILES string of the molecule is CC(C)Oc1ccccc1[CH]=[Ru][Cl].CCc1cccc(CC)c1N1[CH-]C(C)(c2ccccc2)CC1(C)C. The molecule has 0 spiro atoms. The van der Waals surface area contributed by atoms with Gasteiger partial charge in [-0.1, -0.05) is 74.9 Å². The quantitative estimate of drug-likeness (QED) is 0.197. The topological polar surface area (TPSA) is 12.5 Å². The van der Waals surface area contributed by atoms with E-state index in [2.05, 4.69) is 94.6 Å². The van der Waals surface area contributed by atoms with Crippen LogP contribution in [-0.4, -0.2) is 16.3 Å². The first-order chi connectivity index (χ1) is 17.6. The summed E-state index contributed by atoms with van der Waals surface area (Å²) in [5.41, 5.74) is 7.05. The van der Waals surface area contributed by atoms with Crippen LogP contribution in [-0.2, 0) is 33.9 Å². The van der Waals surface area contributed by atoms with E-state index >= 15 is 0 Å². The second-order valence-electron chi connectivity index (χ2n) is 10.8. The van der Waals surface area contributed by atoms with Crippen LogP contribution in [0.2, 0.25) is 0 Å². The molecule has 0 radical (unpaired) electrons. The molecular formula is C33H42ClNORu-. The van der Waals surface area contributed by atoms with Crippen LogP contribution in [0.15, 0.2) is 72.8 Å². The Hall–Kier alpha value is -1.96. The first-order valence-electron chi connectivity index (χ1n) is 13.3. The van der Waals surface area contributed by atoms with E-state index in [1.165, 1.54) is 22.4 Å². The Bertz CT molecular complexity index is 1150. The molecule has 4 rings (SSSR count). The fourth-order valence-electron chi connectivity index (χ4n) is 5.34. The van der Waals surface area contributed by atoms with Gasteiger partial charge in [0, 0.05) is 11.2 Å². The van der Waals surface area contributed by atoms with Crippen LogP contribution in [0.25, 0.3) is 0 Å². The number of para-hydroxylation sites is 2. The molecule has 2 nitrogen and oxygen atoms in total. The second-order valence-corrected chi connectivity index (χ2v) is 12.6. The monoisotopic (exact) mass is 605 g/mol. The van der Waals surface area contributed by atoms with Gasteiger partial charge in [0.25, 0.3) is 0 Å². The summed E-state index contributed by atoms with van der Waals surface area (Å²) in [6, 6.07) is 25.7. The molecule has 0 aromatic heterocycles.